The summed E-state index contributed by atoms with van der Waals surface area (Å²) in [5, 5.41) is 7.86. The van der Waals surface area contributed by atoms with Gasteiger partial charge in [-0.15, -0.1) is 0 Å². The first-order valence-corrected chi connectivity index (χ1v) is 5.47. The van der Waals surface area contributed by atoms with Crippen LogP contribution in [0.1, 0.15) is 24.5 Å². The smallest absolute Gasteiger partial charge is 0.104 e. The van der Waals surface area contributed by atoms with Crippen molar-refractivity contribution in [1.29, 1.82) is 0 Å². The molecule has 1 aromatic heterocycles. The normalized spacial score (nSPS) is 23.4. The third-order valence-electron chi connectivity index (χ3n) is 2.56. The molecule has 0 amide bonds. The molecule has 3 nitrogen and oxygen atoms in total. The molecule has 1 atom stereocenters. The lowest BCUT2D eigenvalue weighted by Gasteiger charge is -2.20. The monoisotopic (exact) mass is 243 g/mol. The van der Waals surface area contributed by atoms with Gasteiger partial charge in [0, 0.05) is 19.5 Å². The summed E-state index contributed by atoms with van der Waals surface area (Å²) >= 11 is 3.46. The van der Waals surface area contributed by atoms with Crippen molar-refractivity contribution in [1.82, 2.24) is 15.1 Å². The van der Waals surface area contributed by atoms with E-state index in [1.165, 1.54) is 18.5 Å². The minimum Gasteiger partial charge on any atom is -0.316 e. The fraction of sp³-hybridized carbons (Fsp3) is 0.667. The third-order valence-corrected chi connectivity index (χ3v) is 3.30. The topological polar surface area (TPSA) is 29.9 Å². The van der Waals surface area contributed by atoms with Gasteiger partial charge in [0.1, 0.15) is 4.60 Å². The van der Waals surface area contributed by atoms with Gasteiger partial charge in [0.2, 0.25) is 0 Å². The number of nitrogens with zero attached hydrogens (tertiary/aromatic N) is 2. The fourth-order valence-corrected chi connectivity index (χ4v) is 2.08. The van der Waals surface area contributed by atoms with Gasteiger partial charge >= 0.3 is 0 Å². The van der Waals surface area contributed by atoms with Gasteiger partial charge in [-0.1, -0.05) is 0 Å². The first-order valence-electron chi connectivity index (χ1n) is 4.67. The molecule has 1 unspecified atom stereocenters. The average Bonchev–Trinajstić information content (AvgIpc) is 2.49. The van der Waals surface area contributed by atoms with Crippen molar-refractivity contribution in [3.63, 3.8) is 0 Å². The van der Waals surface area contributed by atoms with Gasteiger partial charge < -0.3 is 5.32 Å². The second kappa shape index (κ2) is 3.80. The van der Waals surface area contributed by atoms with Crippen LogP contribution in [0.2, 0.25) is 0 Å². The Labute approximate surface area is 86.6 Å². The number of hydrogen-bond donors (Lipinski definition) is 1. The lowest BCUT2D eigenvalue weighted by atomic mass is 9.97. The van der Waals surface area contributed by atoms with Gasteiger partial charge in [-0.05, 0) is 41.4 Å². The number of aromatic nitrogens is 2. The predicted molar refractivity (Wildman–Crippen MR) is 55.8 cm³/mol. The second-order valence-corrected chi connectivity index (χ2v) is 4.37. The first kappa shape index (κ1) is 9.21. The zero-order valence-electron chi connectivity index (χ0n) is 7.76. The summed E-state index contributed by atoms with van der Waals surface area (Å²) in [6.07, 6.45) is 2.52. The van der Waals surface area contributed by atoms with Crippen molar-refractivity contribution in [2.45, 2.75) is 18.8 Å². The summed E-state index contributed by atoms with van der Waals surface area (Å²) < 4.78 is 2.94. The van der Waals surface area contributed by atoms with Crippen LogP contribution in [0.4, 0.5) is 0 Å². The Morgan fingerprint density at radius 3 is 3.08 bits per heavy atom. The molecule has 1 fully saturated rings. The molecule has 2 heterocycles. The van der Waals surface area contributed by atoms with E-state index >= 15 is 0 Å². The van der Waals surface area contributed by atoms with Crippen LogP contribution in [-0.2, 0) is 7.05 Å². The van der Waals surface area contributed by atoms with Crippen LogP contribution >= 0.6 is 15.9 Å². The SMILES string of the molecule is Cn1nc(C2CCCNC2)cc1Br. The van der Waals surface area contributed by atoms with E-state index in [-0.39, 0.29) is 0 Å². The molecule has 0 aliphatic carbocycles. The Balaban J connectivity index is 2.14. The van der Waals surface area contributed by atoms with Gasteiger partial charge in [0.15, 0.2) is 0 Å². The summed E-state index contributed by atoms with van der Waals surface area (Å²) in [4.78, 5) is 0. The highest BCUT2D eigenvalue weighted by molar-refractivity contribution is 9.10. The van der Waals surface area contributed by atoms with E-state index < -0.39 is 0 Å². The number of halogens is 1. The van der Waals surface area contributed by atoms with Crippen LogP contribution in [0.25, 0.3) is 0 Å². The highest BCUT2D eigenvalue weighted by Gasteiger charge is 2.18. The van der Waals surface area contributed by atoms with Crippen molar-refractivity contribution in [2.75, 3.05) is 13.1 Å². The zero-order chi connectivity index (χ0) is 9.26. The third kappa shape index (κ3) is 1.94. The lowest BCUT2D eigenvalue weighted by Crippen LogP contribution is -2.28. The molecule has 1 aliphatic heterocycles. The summed E-state index contributed by atoms with van der Waals surface area (Å²) in [6, 6.07) is 2.12. The van der Waals surface area contributed by atoms with Gasteiger partial charge in [-0.2, -0.15) is 5.10 Å². The maximum atomic E-state index is 4.46. The first-order chi connectivity index (χ1) is 6.27. The second-order valence-electron chi connectivity index (χ2n) is 3.56. The number of rotatable bonds is 1. The van der Waals surface area contributed by atoms with Crippen molar-refractivity contribution >= 4 is 15.9 Å². The number of piperidine rings is 1. The molecule has 1 aromatic rings. The van der Waals surface area contributed by atoms with Crippen molar-refractivity contribution in [2.24, 2.45) is 7.05 Å². The van der Waals surface area contributed by atoms with Crippen LogP contribution in [0.3, 0.4) is 0 Å². The van der Waals surface area contributed by atoms with E-state index in [2.05, 4.69) is 32.4 Å². The number of nitrogens with one attached hydrogen (secondary N) is 1. The Bertz CT molecular complexity index is 270. The Kier molecular flexibility index (Phi) is 2.69. The highest BCUT2D eigenvalue weighted by atomic mass is 79.9. The van der Waals surface area contributed by atoms with E-state index in [0.717, 1.165) is 17.7 Å². The standard InChI is InChI=1S/C9H14BrN3/c1-13-9(10)5-8(12-13)7-3-2-4-11-6-7/h5,7,11H,2-4,6H2,1H3. The molecule has 13 heavy (non-hydrogen) atoms. The van der Waals surface area contributed by atoms with Crippen molar-refractivity contribution in [3.8, 4) is 0 Å². The molecular weight excluding hydrogens is 230 g/mol. The summed E-state index contributed by atoms with van der Waals surface area (Å²) in [6.45, 7) is 2.23. The van der Waals surface area contributed by atoms with Gasteiger partial charge in [-0.3, -0.25) is 4.68 Å². The van der Waals surface area contributed by atoms with E-state index in [1.54, 1.807) is 0 Å². The van der Waals surface area contributed by atoms with E-state index in [9.17, 15) is 0 Å². The minimum absolute atomic E-state index is 0.603. The van der Waals surface area contributed by atoms with Gasteiger partial charge in [0.05, 0.1) is 5.69 Å². The van der Waals surface area contributed by atoms with Gasteiger partial charge in [-0.25, -0.2) is 0 Å². The quantitative estimate of drug-likeness (QED) is 0.814. The molecule has 4 heteroatoms. The minimum atomic E-state index is 0.603. The molecule has 0 radical (unpaired) electrons. The molecule has 1 aliphatic rings. The highest BCUT2D eigenvalue weighted by Crippen LogP contribution is 2.24. The number of hydrogen-bond acceptors (Lipinski definition) is 2. The predicted octanol–water partition coefficient (Wildman–Crippen LogP) is 1.65. The molecule has 2 rings (SSSR count). The van der Waals surface area contributed by atoms with Gasteiger partial charge in [0.25, 0.3) is 0 Å². The van der Waals surface area contributed by atoms with E-state index in [4.69, 9.17) is 0 Å². The maximum Gasteiger partial charge on any atom is 0.104 e. The summed E-state index contributed by atoms with van der Waals surface area (Å²) in [5.74, 6) is 0.603. The van der Waals surface area contributed by atoms with Crippen molar-refractivity contribution < 1.29 is 0 Å². The van der Waals surface area contributed by atoms with E-state index in [0.29, 0.717) is 5.92 Å². The molecule has 72 valence electrons. The molecular formula is C9H14BrN3. The van der Waals surface area contributed by atoms with Crippen molar-refractivity contribution in [3.05, 3.63) is 16.4 Å². The Morgan fingerprint density at radius 2 is 2.54 bits per heavy atom. The van der Waals surface area contributed by atoms with Crippen LogP contribution in [0, 0.1) is 0 Å². The summed E-state index contributed by atoms with van der Waals surface area (Å²) in [5.41, 5.74) is 1.21. The molecule has 0 spiro atoms. The van der Waals surface area contributed by atoms with E-state index in [1.807, 2.05) is 11.7 Å². The maximum absolute atomic E-state index is 4.46. The molecule has 0 saturated carbocycles. The van der Waals surface area contributed by atoms with Crippen LogP contribution < -0.4 is 5.32 Å². The zero-order valence-corrected chi connectivity index (χ0v) is 9.34. The van der Waals surface area contributed by atoms with Crippen LogP contribution in [-0.4, -0.2) is 22.9 Å². The van der Waals surface area contributed by atoms with Crippen LogP contribution in [0.5, 0.6) is 0 Å². The van der Waals surface area contributed by atoms with Crippen LogP contribution in [0.15, 0.2) is 10.7 Å². The Hall–Kier alpha value is -0.350. The number of aryl methyl sites for hydroxylation is 1. The molecule has 0 aromatic carbocycles. The molecule has 0 bridgehead atoms. The summed E-state index contributed by atoms with van der Waals surface area (Å²) in [7, 11) is 1.96. The molecule has 1 N–H and O–H groups in total. The lowest BCUT2D eigenvalue weighted by molar-refractivity contribution is 0.451. The average molecular weight is 244 g/mol. The molecule has 1 saturated heterocycles. The fourth-order valence-electron chi connectivity index (χ4n) is 1.77. The largest absolute Gasteiger partial charge is 0.316 e. The Morgan fingerprint density at radius 1 is 1.69 bits per heavy atom.